The van der Waals surface area contributed by atoms with Gasteiger partial charge in [-0.05, 0) is 38.7 Å². The highest BCUT2D eigenvalue weighted by molar-refractivity contribution is 5.40. The van der Waals surface area contributed by atoms with Gasteiger partial charge in [-0.15, -0.1) is 0 Å². The molecule has 3 heteroatoms. The van der Waals surface area contributed by atoms with Gasteiger partial charge in [-0.2, -0.15) is 0 Å². The maximum atomic E-state index is 9.93. The van der Waals surface area contributed by atoms with Crippen molar-refractivity contribution in [2.75, 3.05) is 0 Å². The van der Waals surface area contributed by atoms with Crippen LogP contribution >= 0.6 is 0 Å². The molecule has 20 heavy (non-hydrogen) atoms. The van der Waals surface area contributed by atoms with Crippen molar-refractivity contribution in [3.63, 3.8) is 0 Å². The predicted molar refractivity (Wildman–Crippen MR) is 82.0 cm³/mol. The minimum absolute atomic E-state index is 0.0915. The van der Waals surface area contributed by atoms with Crippen molar-refractivity contribution in [3.8, 4) is 11.5 Å². The molecule has 2 rings (SSSR count). The van der Waals surface area contributed by atoms with Crippen LogP contribution in [0, 0.1) is 5.92 Å². The van der Waals surface area contributed by atoms with E-state index >= 15 is 0 Å². The summed E-state index contributed by atoms with van der Waals surface area (Å²) < 4.78 is 0. The molecule has 112 valence electrons. The summed E-state index contributed by atoms with van der Waals surface area (Å²) in [7, 11) is 0. The normalized spacial score (nSPS) is 20.3. The number of phenols is 2. The molecule has 1 unspecified atom stereocenters. The van der Waals surface area contributed by atoms with Crippen LogP contribution in [0.15, 0.2) is 18.2 Å². The van der Waals surface area contributed by atoms with E-state index in [-0.39, 0.29) is 17.5 Å². The van der Waals surface area contributed by atoms with Crippen LogP contribution in [0.1, 0.15) is 64.0 Å². The Balaban J connectivity index is 1.97. The summed E-state index contributed by atoms with van der Waals surface area (Å²) in [6.45, 7) is 4.32. The molecular formula is C17H27NO2. The highest BCUT2D eigenvalue weighted by atomic mass is 16.3. The van der Waals surface area contributed by atoms with E-state index in [4.69, 9.17) is 0 Å². The summed E-state index contributed by atoms with van der Waals surface area (Å²) in [5.41, 5.74) is 0.850. The molecule has 0 aromatic heterocycles. The summed E-state index contributed by atoms with van der Waals surface area (Å²) in [6, 6.07) is 5.38. The molecule has 1 aliphatic carbocycles. The van der Waals surface area contributed by atoms with Crippen molar-refractivity contribution < 1.29 is 10.2 Å². The molecule has 0 radical (unpaired) electrons. The Labute approximate surface area is 122 Å². The second kappa shape index (κ2) is 6.98. The van der Waals surface area contributed by atoms with Gasteiger partial charge in [0.1, 0.15) is 11.5 Å². The van der Waals surface area contributed by atoms with E-state index in [9.17, 15) is 10.2 Å². The SMILES string of the molecule is CC(N[C@@H](C)C1CCCCCC1)c1ccc(O)cc1O. The first-order valence-electron chi connectivity index (χ1n) is 7.86. The first kappa shape index (κ1) is 15.2. The molecule has 2 atom stereocenters. The van der Waals surface area contributed by atoms with E-state index in [0.717, 1.165) is 11.5 Å². The minimum Gasteiger partial charge on any atom is -0.508 e. The molecule has 1 saturated carbocycles. The number of hydrogen-bond donors (Lipinski definition) is 3. The van der Waals surface area contributed by atoms with Crippen molar-refractivity contribution in [1.82, 2.24) is 5.32 Å². The highest BCUT2D eigenvalue weighted by Crippen LogP contribution is 2.30. The van der Waals surface area contributed by atoms with Crippen LogP contribution < -0.4 is 5.32 Å². The Hall–Kier alpha value is -1.22. The van der Waals surface area contributed by atoms with Gasteiger partial charge in [0.05, 0.1) is 0 Å². The van der Waals surface area contributed by atoms with Crippen molar-refractivity contribution >= 4 is 0 Å². The smallest absolute Gasteiger partial charge is 0.124 e. The second-order valence-corrected chi connectivity index (χ2v) is 6.17. The molecular weight excluding hydrogens is 250 g/mol. The standard InChI is InChI=1S/C17H27NO2/c1-12(14-7-5-3-4-6-8-14)18-13(2)16-10-9-15(19)11-17(16)20/h9-14,18-20H,3-8H2,1-2H3/t12-,13?/m0/s1. The Bertz CT molecular complexity index is 425. The molecule has 1 fully saturated rings. The van der Waals surface area contributed by atoms with Gasteiger partial charge >= 0.3 is 0 Å². The maximum absolute atomic E-state index is 9.93. The molecule has 3 N–H and O–H groups in total. The van der Waals surface area contributed by atoms with Crippen LogP contribution in [-0.4, -0.2) is 16.3 Å². The van der Waals surface area contributed by atoms with E-state index in [1.807, 2.05) is 0 Å². The van der Waals surface area contributed by atoms with E-state index in [0.29, 0.717) is 6.04 Å². The van der Waals surface area contributed by atoms with Gasteiger partial charge in [0, 0.05) is 23.7 Å². The lowest BCUT2D eigenvalue weighted by Crippen LogP contribution is -2.35. The third-order valence-corrected chi connectivity index (χ3v) is 4.60. The fourth-order valence-corrected chi connectivity index (χ4v) is 3.33. The maximum Gasteiger partial charge on any atom is 0.124 e. The summed E-state index contributed by atoms with van der Waals surface area (Å²) in [4.78, 5) is 0. The average Bonchev–Trinajstić information content (AvgIpc) is 2.67. The van der Waals surface area contributed by atoms with Gasteiger partial charge in [-0.1, -0.05) is 31.7 Å². The number of aromatic hydroxyl groups is 2. The third-order valence-electron chi connectivity index (χ3n) is 4.60. The minimum atomic E-state index is 0.0915. The summed E-state index contributed by atoms with van der Waals surface area (Å²) >= 11 is 0. The lowest BCUT2D eigenvalue weighted by molar-refractivity contribution is 0.313. The lowest BCUT2D eigenvalue weighted by Gasteiger charge is -2.27. The van der Waals surface area contributed by atoms with Crippen LogP contribution in [0.2, 0.25) is 0 Å². The Morgan fingerprint density at radius 1 is 1.05 bits per heavy atom. The number of rotatable bonds is 4. The number of nitrogens with one attached hydrogen (secondary N) is 1. The molecule has 0 aliphatic heterocycles. The van der Waals surface area contributed by atoms with Gasteiger partial charge in [-0.3, -0.25) is 0 Å². The molecule has 1 aromatic rings. The van der Waals surface area contributed by atoms with E-state index in [1.54, 1.807) is 12.1 Å². The lowest BCUT2D eigenvalue weighted by atomic mass is 9.92. The van der Waals surface area contributed by atoms with Crippen LogP contribution in [0.5, 0.6) is 11.5 Å². The summed E-state index contributed by atoms with van der Waals surface area (Å²) in [5, 5.41) is 22.9. The van der Waals surface area contributed by atoms with Gasteiger partial charge < -0.3 is 15.5 Å². The monoisotopic (exact) mass is 277 g/mol. The first-order valence-corrected chi connectivity index (χ1v) is 7.86. The Kier molecular flexibility index (Phi) is 5.30. The van der Waals surface area contributed by atoms with Crippen molar-refractivity contribution in [3.05, 3.63) is 23.8 Å². The molecule has 1 aromatic carbocycles. The topological polar surface area (TPSA) is 52.5 Å². The average molecular weight is 277 g/mol. The van der Waals surface area contributed by atoms with Crippen LogP contribution in [0.4, 0.5) is 0 Å². The van der Waals surface area contributed by atoms with Crippen molar-refractivity contribution in [2.45, 2.75) is 64.5 Å². The quantitative estimate of drug-likeness (QED) is 0.726. The van der Waals surface area contributed by atoms with Gasteiger partial charge in [0.25, 0.3) is 0 Å². The van der Waals surface area contributed by atoms with Gasteiger partial charge in [-0.25, -0.2) is 0 Å². The zero-order valence-corrected chi connectivity index (χ0v) is 12.6. The number of benzene rings is 1. The van der Waals surface area contributed by atoms with Gasteiger partial charge in [0.15, 0.2) is 0 Å². The fraction of sp³-hybridized carbons (Fsp3) is 0.647. The van der Waals surface area contributed by atoms with E-state index < -0.39 is 0 Å². The zero-order valence-electron chi connectivity index (χ0n) is 12.6. The largest absolute Gasteiger partial charge is 0.508 e. The molecule has 3 nitrogen and oxygen atoms in total. The number of hydrogen-bond acceptors (Lipinski definition) is 3. The Morgan fingerprint density at radius 3 is 2.30 bits per heavy atom. The molecule has 0 bridgehead atoms. The molecule has 1 aliphatic rings. The summed E-state index contributed by atoms with van der Waals surface area (Å²) in [5.74, 6) is 1.01. The summed E-state index contributed by atoms with van der Waals surface area (Å²) in [6.07, 6.45) is 8.05. The van der Waals surface area contributed by atoms with Crippen LogP contribution in [-0.2, 0) is 0 Å². The molecule has 0 heterocycles. The predicted octanol–water partition coefficient (Wildman–Crippen LogP) is 4.11. The zero-order chi connectivity index (χ0) is 14.5. The highest BCUT2D eigenvalue weighted by Gasteiger charge is 2.21. The molecule has 0 amide bonds. The van der Waals surface area contributed by atoms with Crippen LogP contribution in [0.3, 0.4) is 0 Å². The second-order valence-electron chi connectivity index (χ2n) is 6.17. The van der Waals surface area contributed by atoms with E-state index in [1.165, 1.54) is 44.6 Å². The van der Waals surface area contributed by atoms with Crippen molar-refractivity contribution in [2.24, 2.45) is 5.92 Å². The van der Waals surface area contributed by atoms with Crippen LogP contribution in [0.25, 0.3) is 0 Å². The first-order chi connectivity index (χ1) is 9.58. The fourth-order valence-electron chi connectivity index (χ4n) is 3.33. The van der Waals surface area contributed by atoms with Crippen molar-refractivity contribution in [1.29, 1.82) is 0 Å². The Morgan fingerprint density at radius 2 is 1.70 bits per heavy atom. The molecule has 0 spiro atoms. The number of phenolic OH excluding ortho intramolecular Hbond substituents is 2. The van der Waals surface area contributed by atoms with E-state index in [2.05, 4.69) is 19.2 Å². The third kappa shape index (κ3) is 3.89. The molecule has 0 saturated heterocycles. The van der Waals surface area contributed by atoms with Gasteiger partial charge in [0.2, 0.25) is 0 Å².